The van der Waals surface area contributed by atoms with Crippen LogP contribution in [0.2, 0.25) is 0 Å². The van der Waals surface area contributed by atoms with Crippen LogP contribution in [-0.2, 0) is 9.53 Å². The Morgan fingerprint density at radius 3 is 2.62 bits per heavy atom. The summed E-state index contributed by atoms with van der Waals surface area (Å²) in [5.41, 5.74) is 0.0314. The van der Waals surface area contributed by atoms with Crippen LogP contribution in [0.3, 0.4) is 0 Å². The fourth-order valence-corrected chi connectivity index (χ4v) is 6.27. The molecule has 0 unspecified atom stereocenters. The lowest BCUT2D eigenvalue weighted by Crippen LogP contribution is -2.62. The second-order valence-corrected chi connectivity index (χ2v) is 10.2. The Bertz CT molecular complexity index is 608. The lowest BCUT2D eigenvalue weighted by Gasteiger charge is -2.63. The van der Waals surface area contributed by atoms with Gasteiger partial charge in [-0.15, -0.1) is 11.6 Å². The number of rotatable bonds is 8. The van der Waals surface area contributed by atoms with Crippen molar-refractivity contribution >= 4 is 17.6 Å². The lowest BCUT2D eigenvalue weighted by atomic mass is 9.43. The van der Waals surface area contributed by atoms with Crippen molar-refractivity contribution in [1.82, 2.24) is 0 Å². The van der Waals surface area contributed by atoms with E-state index >= 15 is 0 Å². The molecule has 0 amide bonds. The second kappa shape index (κ2) is 9.67. The Balaban J connectivity index is 2.09. The van der Waals surface area contributed by atoms with E-state index < -0.39 is 24.3 Å². The number of hydrogen-bond donors (Lipinski definition) is 3. The van der Waals surface area contributed by atoms with Crippen LogP contribution in [0, 0.1) is 22.7 Å². The molecule has 0 radical (unpaired) electrons. The molecule has 0 heterocycles. The minimum Gasteiger partial charge on any atom is -0.460 e. The zero-order valence-electron chi connectivity index (χ0n) is 18.4. The van der Waals surface area contributed by atoms with E-state index in [0.717, 1.165) is 50.5 Å². The largest absolute Gasteiger partial charge is 0.460 e. The maximum Gasteiger partial charge on any atom is 0.330 e. The summed E-state index contributed by atoms with van der Waals surface area (Å²) in [5.74, 6) is 0.735. The van der Waals surface area contributed by atoms with Gasteiger partial charge in [-0.3, -0.25) is 0 Å². The van der Waals surface area contributed by atoms with Crippen LogP contribution in [0.4, 0.5) is 0 Å². The number of carbonyl (C=O) groups is 1. The topological polar surface area (TPSA) is 87.0 Å². The number of aliphatic hydroxyl groups excluding tert-OH is 2. The first-order chi connectivity index (χ1) is 13.5. The van der Waals surface area contributed by atoms with Gasteiger partial charge in [-0.05, 0) is 62.7 Å². The van der Waals surface area contributed by atoms with E-state index in [9.17, 15) is 15.0 Å². The van der Waals surface area contributed by atoms with Crippen molar-refractivity contribution in [3.8, 4) is 0 Å². The van der Waals surface area contributed by atoms with Gasteiger partial charge in [-0.2, -0.15) is 0 Å². The monoisotopic (exact) mass is 430 g/mol. The number of esters is 1. The van der Waals surface area contributed by atoms with E-state index in [1.807, 2.05) is 6.92 Å². The minimum atomic E-state index is -1.04. The average Bonchev–Trinajstić information content (AvgIpc) is 2.69. The highest BCUT2D eigenvalue weighted by Crippen LogP contribution is 2.64. The number of alkyl halides is 1. The van der Waals surface area contributed by atoms with Crippen molar-refractivity contribution in [3.63, 3.8) is 0 Å². The molecular weight excluding hydrogens is 392 g/mol. The molecule has 6 atom stereocenters. The first-order valence-electron chi connectivity index (χ1n) is 10.9. The van der Waals surface area contributed by atoms with Gasteiger partial charge in [0.1, 0.15) is 12.7 Å². The summed E-state index contributed by atoms with van der Waals surface area (Å²) in [4.78, 5) is 11.9. The predicted molar refractivity (Wildman–Crippen MR) is 115 cm³/mol. The van der Waals surface area contributed by atoms with E-state index in [0.29, 0.717) is 11.8 Å². The third kappa shape index (κ3) is 5.00. The standard InChI is InChI=1S/C23H39ClO5/c1-16(12-20(27)29-14-18(26)13-25)7-10-21(3)17(2)8-11-22(4)19(21)6-5-9-23(22,28)15-24/h12,17-19,25-26,28H,5-11,13-15H2,1-4H3/t17-,18+,19-,21+,22-,23-/m0/s1. The normalized spacial score (nSPS) is 39.0. The fraction of sp³-hybridized carbons (Fsp3) is 0.870. The summed E-state index contributed by atoms with van der Waals surface area (Å²) in [7, 11) is 0. The fourth-order valence-electron chi connectivity index (χ4n) is 5.83. The molecule has 2 fully saturated rings. The van der Waals surface area contributed by atoms with Gasteiger partial charge in [0, 0.05) is 11.5 Å². The second-order valence-electron chi connectivity index (χ2n) is 9.93. The number of ether oxygens (including phenoxy) is 1. The Morgan fingerprint density at radius 1 is 1.31 bits per heavy atom. The highest BCUT2D eigenvalue weighted by atomic mass is 35.5. The average molecular weight is 431 g/mol. The van der Waals surface area contributed by atoms with Crippen molar-refractivity contribution in [2.75, 3.05) is 19.1 Å². The Hall–Kier alpha value is -0.620. The van der Waals surface area contributed by atoms with Crippen LogP contribution in [0.25, 0.3) is 0 Å². The molecule has 0 aromatic carbocycles. The van der Waals surface area contributed by atoms with E-state index in [-0.39, 0.29) is 23.3 Å². The molecule has 2 aliphatic rings. The van der Waals surface area contributed by atoms with Crippen molar-refractivity contribution < 1.29 is 24.9 Å². The summed E-state index contributed by atoms with van der Waals surface area (Å²) < 4.78 is 4.97. The number of carbonyl (C=O) groups excluding carboxylic acids is 1. The van der Waals surface area contributed by atoms with Crippen LogP contribution >= 0.6 is 11.6 Å². The van der Waals surface area contributed by atoms with Gasteiger partial charge < -0.3 is 20.1 Å². The number of allylic oxidation sites excluding steroid dienone is 1. The molecule has 0 bridgehead atoms. The van der Waals surface area contributed by atoms with Crippen molar-refractivity contribution in [2.24, 2.45) is 22.7 Å². The Labute approximate surface area is 180 Å². The van der Waals surface area contributed by atoms with Crippen molar-refractivity contribution in [1.29, 1.82) is 0 Å². The molecule has 0 spiro atoms. The number of halogens is 1. The SMILES string of the molecule is CC(=CC(=O)OC[C@H](O)CO)CC[C@]1(C)[C@@H](C)CC[C@@]2(C)[C@H]1CCC[C@]2(O)CCl. The molecule has 3 N–H and O–H groups in total. The summed E-state index contributed by atoms with van der Waals surface area (Å²) in [6.07, 6.45) is 7.14. The number of fused-ring (bicyclic) bond motifs is 1. The van der Waals surface area contributed by atoms with Gasteiger partial charge in [-0.25, -0.2) is 4.79 Å². The molecule has 168 valence electrons. The molecule has 2 rings (SSSR count). The minimum absolute atomic E-state index is 0.0690. The molecule has 2 aliphatic carbocycles. The molecule has 0 saturated heterocycles. The first-order valence-corrected chi connectivity index (χ1v) is 11.5. The first kappa shape index (κ1) is 24.6. The number of hydrogen-bond acceptors (Lipinski definition) is 5. The van der Waals surface area contributed by atoms with Crippen LogP contribution in [0.5, 0.6) is 0 Å². The van der Waals surface area contributed by atoms with Crippen molar-refractivity contribution in [2.45, 2.75) is 84.3 Å². The lowest BCUT2D eigenvalue weighted by molar-refractivity contribution is -0.190. The van der Waals surface area contributed by atoms with E-state index in [1.54, 1.807) is 0 Å². The maximum absolute atomic E-state index is 11.9. The highest BCUT2D eigenvalue weighted by molar-refractivity contribution is 6.18. The summed E-state index contributed by atoms with van der Waals surface area (Å²) in [6, 6.07) is 0. The van der Waals surface area contributed by atoms with Crippen LogP contribution in [0.15, 0.2) is 11.6 Å². The van der Waals surface area contributed by atoms with Gasteiger partial charge in [0.15, 0.2) is 0 Å². The zero-order valence-corrected chi connectivity index (χ0v) is 19.2. The summed E-state index contributed by atoms with van der Waals surface area (Å²) in [5, 5.41) is 29.4. The van der Waals surface area contributed by atoms with E-state index in [2.05, 4.69) is 20.8 Å². The maximum atomic E-state index is 11.9. The van der Waals surface area contributed by atoms with Gasteiger partial charge in [0.05, 0.1) is 18.1 Å². The predicted octanol–water partition coefficient (Wildman–Crippen LogP) is 3.82. The molecule has 0 aromatic rings. The van der Waals surface area contributed by atoms with Crippen LogP contribution < -0.4 is 0 Å². The molecular formula is C23H39ClO5. The Kier molecular flexibility index (Phi) is 8.22. The molecule has 29 heavy (non-hydrogen) atoms. The van der Waals surface area contributed by atoms with E-state index in [1.165, 1.54) is 6.08 Å². The molecule has 0 aliphatic heterocycles. The summed E-state index contributed by atoms with van der Waals surface area (Å²) >= 11 is 6.26. The van der Waals surface area contributed by atoms with Gasteiger partial charge in [-0.1, -0.05) is 32.8 Å². The van der Waals surface area contributed by atoms with Gasteiger partial charge in [0.25, 0.3) is 0 Å². The zero-order chi connectivity index (χ0) is 21.9. The molecule has 6 heteroatoms. The Morgan fingerprint density at radius 2 is 2.00 bits per heavy atom. The van der Waals surface area contributed by atoms with Crippen LogP contribution in [0.1, 0.15) is 72.6 Å². The smallest absolute Gasteiger partial charge is 0.330 e. The molecule has 0 aromatic heterocycles. The van der Waals surface area contributed by atoms with Crippen molar-refractivity contribution in [3.05, 3.63) is 11.6 Å². The quantitative estimate of drug-likeness (QED) is 0.309. The summed E-state index contributed by atoms with van der Waals surface area (Å²) in [6.45, 7) is 8.19. The highest BCUT2D eigenvalue weighted by Gasteiger charge is 2.61. The van der Waals surface area contributed by atoms with Crippen LogP contribution in [-0.4, -0.2) is 52.1 Å². The number of aliphatic hydroxyl groups is 3. The molecule has 5 nitrogen and oxygen atoms in total. The molecule has 2 saturated carbocycles. The third-order valence-electron chi connectivity index (χ3n) is 8.21. The van der Waals surface area contributed by atoms with Gasteiger partial charge in [0.2, 0.25) is 0 Å². The third-order valence-corrected chi connectivity index (χ3v) is 8.65. The van der Waals surface area contributed by atoms with E-state index in [4.69, 9.17) is 21.4 Å². The van der Waals surface area contributed by atoms with Gasteiger partial charge >= 0.3 is 5.97 Å².